The van der Waals surface area contributed by atoms with Crippen LogP contribution in [0.1, 0.15) is 5.56 Å². The van der Waals surface area contributed by atoms with Crippen molar-refractivity contribution in [2.45, 2.75) is 0 Å². The maximum atomic E-state index is 14.5. The molecule has 0 saturated carbocycles. The van der Waals surface area contributed by atoms with E-state index < -0.39 is 5.82 Å². The van der Waals surface area contributed by atoms with Gasteiger partial charge in [0.1, 0.15) is 11.5 Å². The van der Waals surface area contributed by atoms with E-state index in [0.29, 0.717) is 32.3 Å². The number of hydrogen-bond donors (Lipinski definition) is 1. The zero-order valence-corrected chi connectivity index (χ0v) is 15.0. The van der Waals surface area contributed by atoms with Crippen molar-refractivity contribution in [2.75, 3.05) is 37.0 Å². The Morgan fingerprint density at radius 2 is 1.89 bits per heavy atom. The number of hydrazine groups is 1. The molecule has 0 radical (unpaired) electrons. The smallest absolute Gasteiger partial charge is 0.266 e. The molecule has 2 aromatic carbocycles. The van der Waals surface area contributed by atoms with Crippen LogP contribution in [0.25, 0.3) is 5.69 Å². The van der Waals surface area contributed by atoms with E-state index in [1.807, 2.05) is 41.4 Å². The number of ether oxygens (including phenoxy) is 1. The number of nitrogens with two attached hydrogens (primary N) is 1. The summed E-state index contributed by atoms with van der Waals surface area (Å²) in [5.41, 5.74) is 7.26. The van der Waals surface area contributed by atoms with E-state index in [0.717, 1.165) is 11.8 Å². The van der Waals surface area contributed by atoms with Crippen molar-refractivity contribution in [1.82, 2.24) is 19.8 Å². The fraction of sp³-hybridized carbons (Fsp3) is 0.211. The average Bonchev–Trinajstić information content (AvgIpc) is 3.10. The monoisotopic (exact) mass is 379 g/mol. The molecule has 1 fully saturated rings. The second-order valence-corrected chi connectivity index (χ2v) is 6.17. The fourth-order valence-corrected chi connectivity index (χ4v) is 3.06. The first-order valence-corrected chi connectivity index (χ1v) is 8.78. The van der Waals surface area contributed by atoms with Crippen LogP contribution in [0.5, 0.6) is 0 Å². The molecule has 0 bridgehead atoms. The standard InChI is InChI=1S/C19H18FN7O/c20-16-12-14(13-21)6-7-17(16)26-18(22)23-19(24-26)27(15-4-2-1-3-5-15)25-8-10-28-11-9-25/h1-7,12H,8-11H2,(H2,22,23,24). The molecule has 1 aliphatic rings. The van der Waals surface area contributed by atoms with Gasteiger partial charge in [-0.15, -0.1) is 5.10 Å². The van der Waals surface area contributed by atoms with E-state index in [2.05, 4.69) is 15.1 Å². The van der Waals surface area contributed by atoms with Gasteiger partial charge in [0.25, 0.3) is 5.95 Å². The normalized spacial score (nSPS) is 14.6. The van der Waals surface area contributed by atoms with Crippen LogP contribution in [0.3, 0.4) is 0 Å². The van der Waals surface area contributed by atoms with Crippen molar-refractivity contribution < 1.29 is 9.13 Å². The van der Waals surface area contributed by atoms with E-state index in [9.17, 15) is 4.39 Å². The van der Waals surface area contributed by atoms with Crippen molar-refractivity contribution in [3.63, 3.8) is 0 Å². The lowest BCUT2D eigenvalue weighted by molar-refractivity contribution is 0.0371. The van der Waals surface area contributed by atoms with Gasteiger partial charge >= 0.3 is 0 Å². The molecule has 4 rings (SSSR count). The molecule has 0 amide bonds. The van der Waals surface area contributed by atoms with E-state index >= 15 is 0 Å². The summed E-state index contributed by atoms with van der Waals surface area (Å²) in [6.45, 7) is 2.50. The zero-order chi connectivity index (χ0) is 19.5. The molecular formula is C19H18FN7O. The number of nitrogen functional groups attached to an aromatic ring is 1. The Kier molecular flexibility index (Phi) is 4.89. The van der Waals surface area contributed by atoms with Gasteiger partial charge in [-0.1, -0.05) is 18.2 Å². The Morgan fingerprint density at radius 1 is 1.14 bits per heavy atom. The number of para-hydroxylation sites is 1. The molecule has 1 aliphatic heterocycles. The van der Waals surface area contributed by atoms with Crippen molar-refractivity contribution in [3.8, 4) is 11.8 Å². The molecule has 1 aromatic heterocycles. The Hall–Kier alpha value is -3.48. The molecule has 2 heterocycles. The highest BCUT2D eigenvalue weighted by Gasteiger charge is 2.25. The van der Waals surface area contributed by atoms with E-state index in [1.165, 1.54) is 16.8 Å². The number of hydrogen-bond acceptors (Lipinski definition) is 7. The summed E-state index contributed by atoms with van der Waals surface area (Å²) in [6, 6.07) is 15.7. The molecule has 0 atom stereocenters. The second kappa shape index (κ2) is 7.64. The number of aromatic nitrogens is 3. The van der Waals surface area contributed by atoms with E-state index in [-0.39, 0.29) is 17.2 Å². The molecule has 1 saturated heterocycles. The van der Waals surface area contributed by atoms with Crippen LogP contribution < -0.4 is 10.7 Å². The lowest BCUT2D eigenvalue weighted by Crippen LogP contribution is -2.47. The number of halogens is 1. The predicted molar refractivity (Wildman–Crippen MR) is 101 cm³/mol. The predicted octanol–water partition coefficient (Wildman–Crippen LogP) is 2.25. The van der Waals surface area contributed by atoms with Gasteiger partial charge in [0.05, 0.1) is 30.5 Å². The maximum absolute atomic E-state index is 14.5. The molecule has 2 N–H and O–H groups in total. The van der Waals surface area contributed by atoms with Crippen LogP contribution in [0, 0.1) is 17.1 Å². The number of nitriles is 1. The average molecular weight is 379 g/mol. The summed E-state index contributed by atoms with van der Waals surface area (Å²) in [4.78, 5) is 4.36. The summed E-state index contributed by atoms with van der Waals surface area (Å²) in [5, 5.41) is 17.3. The van der Waals surface area contributed by atoms with Crippen LogP contribution >= 0.6 is 0 Å². The van der Waals surface area contributed by atoms with Crippen molar-refractivity contribution in [2.24, 2.45) is 0 Å². The zero-order valence-electron chi connectivity index (χ0n) is 15.0. The Labute approximate surface area is 161 Å². The van der Waals surface area contributed by atoms with Gasteiger partial charge in [0.15, 0.2) is 0 Å². The molecule has 142 valence electrons. The third-order valence-corrected chi connectivity index (χ3v) is 4.39. The fourth-order valence-electron chi connectivity index (χ4n) is 3.06. The Bertz CT molecular complexity index is 1010. The van der Waals surface area contributed by atoms with Crippen molar-refractivity contribution >= 4 is 17.6 Å². The van der Waals surface area contributed by atoms with Gasteiger partial charge in [0.2, 0.25) is 5.95 Å². The highest BCUT2D eigenvalue weighted by molar-refractivity contribution is 5.57. The highest BCUT2D eigenvalue weighted by Crippen LogP contribution is 2.27. The van der Waals surface area contributed by atoms with Gasteiger partial charge in [-0.2, -0.15) is 14.9 Å². The first-order valence-electron chi connectivity index (χ1n) is 8.78. The lowest BCUT2D eigenvalue weighted by atomic mass is 10.2. The summed E-state index contributed by atoms with van der Waals surface area (Å²) in [5.74, 6) is -0.220. The summed E-state index contributed by atoms with van der Waals surface area (Å²) < 4.78 is 21.1. The molecule has 8 nitrogen and oxygen atoms in total. The Balaban J connectivity index is 1.76. The van der Waals surface area contributed by atoms with Gasteiger partial charge in [0, 0.05) is 13.1 Å². The molecule has 28 heavy (non-hydrogen) atoms. The molecule has 3 aromatic rings. The SMILES string of the molecule is N#Cc1ccc(-n2nc(N(c3ccccc3)N3CCOCC3)nc2N)c(F)c1. The van der Waals surface area contributed by atoms with Crippen molar-refractivity contribution in [1.29, 1.82) is 5.26 Å². The quantitative estimate of drug-likeness (QED) is 0.743. The number of morpholine rings is 1. The van der Waals surface area contributed by atoms with Gasteiger partial charge in [-0.05, 0) is 30.3 Å². The van der Waals surface area contributed by atoms with Crippen LogP contribution in [-0.4, -0.2) is 46.1 Å². The number of benzene rings is 2. The first kappa shape index (κ1) is 17.9. The topological polar surface area (TPSA) is 96.2 Å². The van der Waals surface area contributed by atoms with Crippen LogP contribution in [0.2, 0.25) is 0 Å². The lowest BCUT2D eigenvalue weighted by Gasteiger charge is -2.36. The molecule has 0 aliphatic carbocycles. The van der Waals surface area contributed by atoms with Crippen molar-refractivity contribution in [3.05, 3.63) is 59.9 Å². The summed E-state index contributed by atoms with van der Waals surface area (Å²) in [7, 11) is 0. The Morgan fingerprint density at radius 3 is 2.57 bits per heavy atom. The van der Waals surface area contributed by atoms with E-state index in [1.54, 1.807) is 0 Å². The third kappa shape index (κ3) is 3.38. The molecular weight excluding hydrogens is 361 g/mol. The van der Waals surface area contributed by atoms with E-state index in [4.69, 9.17) is 15.7 Å². The largest absolute Gasteiger partial charge is 0.379 e. The minimum Gasteiger partial charge on any atom is -0.379 e. The molecule has 0 unspecified atom stereocenters. The third-order valence-electron chi connectivity index (χ3n) is 4.39. The van der Waals surface area contributed by atoms with Gasteiger partial charge in [-0.25, -0.2) is 14.4 Å². The number of anilines is 3. The molecule has 0 spiro atoms. The van der Waals surface area contributed by atoms with Crippen LogP contribution in [0.4, 0.5) is 22.0 Å². The summed E-state index contributed by atoms with van der Waals surface area (Å²) >= 11 is 0. The van der Waals surface area contributed by atoms with Gasteiger partial charge in [-0.3, -0.25) is 0 Å². The van der Waals surface area contributed by atoms with Crippen LogP contribution in [-0.2, 0) is 4.74 Å². The second-order valence-electron chi connectivity index (χ2n) is 6.17. The maximum Gasteiger partial charge on any atom is 0.266 e. The minimum atomic E-state index is -0.597. The first-order chi connectivity index (χ1) is 13.7. The minimum absolute atomic E-state index is 0.0489. The highest BCUT2D eigenvalue weighted by atomic mass is 19.1. The number of rotatable bonds is 4. The summed E-state index contributed by atoms with van der Waals surface area (Å²) in [6.07, 6.45) is 0. The molecule has 9 heteroatoms. The van der Waals surface area contributed by atoms with Gasteiger partial charge < -0.3 is 10.5 Å². The number of nitrogens with zero attached hydrogens (tertiary/aromatic N) is 6. The van der Waals surface area contributed by atoms with Crippen LogP contribution in [0.15, 0.2) is 48.5 Å².